The summed E-state index contributed by atoms with van der Waals surface area (Å²) < 4.78 is 12.3. The molecule has 3 aromatic rings. The molecule has 0 amide bonds. The number of para-hydroxylation sites is 1. The highest BCUT2D eigenvalue weighted by Crippen LogP contribution is 2.27. The third kappa shape index (κ3) is 4.33. The Bertz CT molecular complexity index is 950. The van der Waals surface area contributed by atoms with Crippen molar-refractivity contribution in [3.8, 4) is 17.2 Å². The maximum Gasteiger partial charge on any atom is 0.341 e. The number of hydrogen-bond donors (Lipinski definition) is 1. The van der Waals surface area contributed by atoms with E-state index in [4.69, 9.17) is 14.6 Å². The van der Waals surface area contributed by atoms with E-state index >= 15 is 0 Å². The Morgan fingerprint density at radius 1 is 1.11 bits per heavy atom. The molecule has 0 atom stereocenters. The molecule has 27 heavy (non-hydrogen) atoms. The smallest absolute Gasteiger partial charge is 0.341 e. The highest BCUT2D eigenvalue weighted by atomic mass is 16.5. The minimum Gasteiger partial charge on any atom is -0.494 e. The van der Waals surface area contributed by atoms with Crippen molar-refractivity contribution in [2.45, 2.75) is 6.92 Å². The summed E-state index contributed by atoms with van der Waals surface area (Å²) in [5.41, 5.74) is 1.39. The summed E-state index contributed by atoms with van der Waals surface area (Å²) in [5.74, 6) is -0.782. The predicted molar refractivity (Wildman–Crippen MR) is 97.7 cm³/mol. The Morgan fingerprint density at radius 2 is 1.89 bits per heavy atom. The van der Waals surface area contributed by atoms with Crippen molar-refractivity contribution < 1.29 is 24.2 Å². The van der Waals surface area contributed by atoms with E-state index in [-0.39, 0.29) is 17.1 Å². The first-order valence-electron chi connectivity index (χ1n) is 8.34. The molecule has 0 fully saturated rings. The molecule has 7 nitrogen and oxygen atoms in total. The normalized spacial score (nSPS) is 10.4. The van der Waals surface area contributed by atoms with E-state index in [9.17, 15) is 9.59 Å². The van der Waals surface area contributed by atoms with Crippen molar-refractivity contribution in [1.82, 2.24) is 9.78 Å². The van der Waals surface area contributed by atoms with Crippen molar-refractivity contribution >= 4 is 11.8 Å². The number of carbonyl (C=O) groups is 2. The van der Waals surface area contributed by atoms with E-state index in [1.54, 1.807) is 23.0 Å². The SMILES string of the molecule is CCOc1ccc(OCC(=O)O)c(C(=O)c2cnn(-c3ccccc3)c2)c1. The minimum atomic E-state index is -1.13. The maximum absolute atomic E-state index is 13.0. The molecule has 0 saturated heterocycles. The van der Waals surface area contributed by atoms with E-state index < -0.39 is 12.6 Å². The second-order valence-corrected chi connectivity index (χ2v) is 5.61. The van der Waals surface area contributed by atoms with Gasteiger partial charge >= 0.3 is 5.97 Å². The zero-order valence-electron chi connectivity index (χ0n) is 14.7. The molecule has 0 aliphatic heterocycles. The summed E-state index contributed by atoms with van der Waals surface area (Å²) in [6.07, 6.45) is 3.08. The number of aromatic nitrogens is 2. The van der Waals surface area contributed by atoms with Crippen molar-refractivity contribution in [2.24, 2.45) is 0 Å². The lowest BCUT2D eigenvalue weighted by Gasteiger charge is -2.11. The molecule has 0 bridgehead atoms. The first-order chi connectivity index (χ1) is 13.1. The number of carbonyl (C=O) groups excluding carboxylic acids is 1. The van der Waals surface area contributed by atoms with Crippen molar-refractivity contribution in [3.63, 3.8) is 0 Å². The number of benzene rings is 2. The molecule has 1 heterocycles. The number of ketones is 1. The molecule has 7 heteroatoms. The van der Waals surface area contributed by atoms with Gasteiger partial charge in [-0.25, -0.2) is 9.48 Å². The van der Waals surface area contributed by atoms with Gasteiger partial charge < -0.3 is 14.6 Å². The number of ether oxygens (including phenoxy) is 2. The molecular weight excluding hydrogens is 348 g/mol. The lowest BCUT2D eigenvalue weighted by molar-refractivity contribution is -0.139. The van der Waals surface area contributed by atoms with Crippen LogP contribution in [0.15, 0.2) is 60.9 Å². The van der Waals surface area contributed by atoms with Crippen LogP contribution in [0.3, 0.4) is 0 Å². The van der Waals surface area contributed by atoms with Crippen LogP contribution in [0.25, 0.3) is 5.69 Å². The van der Waals surface area contributed by atoms with Gasteiger partial charge in [0.15, 0.2) is 12.4 Å². The summed E-state index contributed by atoms with van der Waals surface area (Å²) in [7, 11) is 0. The van der Waals surface area contributed by atoms with Gasteiger partial charge in [-0.2, -0.15) is 5.10 Å². The number of aliphatic carboxylic acids is 1. The van der Waals surface area contributed by atoms with Gasteiger partial charge in [0.2, 0.25) is 0 Å². The first kappa shape index (κ1) is 18.2. The highest BCUT2D eigenvalue weighted by Gasteiger charge is 2.19. The number of carboxylic acids is 1. The van der Waals surface area contributed by atoms with E-state index in [0.717, 1.165) is 5.69 Å². The first-order valence-corrected chi connectivity index (χ1v) is 8.34. The molecule has 2 aromatic carbocycles. The van der Waals surface area contributed by atoms with Gasteiger partial charge in [0, 0.05) is 6.20 Å². The quantitative estimate of drug-likeness (QED) is 0.617. The third-order valence-electron chi connectivity index (χ3n) is 3.72. The molecule has 3 rings (SSSR count). The largest absolute Gasteiger partial charge is 0.494 e. The summed E-state index contributed by atoms with van der Waals surface area (Å²) in [6, 6.07) is 14.1. The Kier molecular flexibility index (Phi) is 5.51. The fourth-order valence-electron chi connectivity index (χ4n) is 2.53. The van der Waals surface area contributed by atoms with Crippen LogP contribution < -0.4 is 9.47 Å². The van der Waals surface area contributed by atoms with Gasteiger partial charge in [-0.3, -0.25) is 4.79 Å². The van der Waals surface area contributed by atoms with E-state index in [2.05, 4.69) is 5.10 Å². The molecule has 0 unspecified atom stereocenters. The fraction of sp³-hybridized carbons (Fsp3) is 0.150. The van der Waals surface area contributed by atoms with Crippen molar-refractivity contribution in [2.75, 3.05) is 13.2 Å². The molecule has 0 saturated carbocycles. The molecular formula is C20H18N2O5. The van der Waals surface area contributed by atoms with Gasteiger partial charge in [-0.05, 0) is 37.3 Å². The van der Waals surface area contributed by atoms with Crippen LogP contribution in [0.5, 0.6) is 11.5 Å². The van der Waals surface area contributed by atoms with Crippen LogP contribution in [-0.4, -0.2) is 39.9 Å². The fourth-order valence-corrected chi connectivity index (χ4v) is 2.53. The Balaban J connectivity index is 1.93. The van der Waals surface area contributed by atoms with Crippen LogP contribution >= 0.6 is 0 Å². The monoisotopic (exact) mass is 366 g/mol. The second-order valence-electron chi connectivity index (χ2n) is 5.61. The van der Waals surface area contributed by atoms with Crippen LogP contribution in [0.1, 0.15) is 22.8 Å². The number of carboxylic acid groups (broad SMARTS) is 1. The topological polar surface area (TPSA) is 90.7 Å². The summed E-state index contributed by atoms with van der Waals surface area (Å²) >= 11 is 0. The van der Waals surface area contributed by atoms with Crippen molar-refractivity contribution in [1.29, 1.82) is 0 Å². The predicted octanol–water partition coefficient (Wildman–Crippen LogP) is 2.97. The van der Waals surface area contributed by atoms with Crippen LogP contribution in [-0.2, 0) is 4.79 Å². The summed E-state index contributed by atoms with van der Waals surface area (Å²) in [6.45, 7) is 1.73. The average molecular weight is 366 g/mol. The molecule has 0 spiro atoms. The zero-order chi connectivity index (χ0) is 19.2. The molecule has 138 valence electrons. The Morgan fingerprint density at radius 3 is 2.59 bits per heavy atom. The summed E-state index contributed by atoms with van der Waals surface area (Å²) in [4.78, 5) is 23.8. The molecule has 1 N–H and O–H groups in total. The van der Waals surface area contributed by atoms with Gasteiger partial charge in [0.25, 0.3) is 0 Å². The Labute approximate surface area is 155 Å². The van der Waals surface area contributed by atoms with Gasteiger partial charge in [-0.15, -0.1) is 0 Å². The lowest BCUT2D eigenvalue weighted by atomic mass is 10.0. The minimum absolute atomic E-state index is 0.179. The number of rotatable bonds is 8. The Hall–Kier alpha value is -3.61. The van der Waals surface area contributed by atoms with E-state index in [1.165, 1.54) is 12.3 Å². The maximum atomic E-state index is 13.0. The lowest BCUT2D eigenvalue weighted by Crippen LogP contribution is -2.12. The average Bonchev–Trinajstić information content (AvgIpc) is 3.17. The molecule has 0 aliphatic rings. The molecule has 0 aliphatic carbocycles. The summed E-state index contributed by atoms with van der Waals surface area (Å²) in [5, 5.41) is 13.1. The molecule has 0 radical (unpaired) electrons. The van der Waals surface area contributed by atoms with Crippen LogP contribution in [0.4, 0.5) is 0 Å². The second kappa shape index (κ2) is 8.18. The third-order valence-corrected chi connectivity index (χ3v) is 3.72. The highest BCUT2D eigenvalue weighted by molar-refractivity contribution is 6.10. The number of hydrogen-bond acceptors (Lipinski definition) is 5. The van der Waals surface area contributed by atoms with Crippen molar-refractivity contribution in [3.05, 3.63) is 72.1 Å². The zero-order valence-corrected chi connectivity index (χ0v) is 14.7. The standard InChI is InChI=1S/C20H18N2O5/c1-2-26-16-8-9-18(27-13-19(23)24)17(10-16)20(25)14-11-21-22(12-14)15-6-4-3-5-7-15/h3-12H,2,13H2,1H3,(H,23,24). The van der Waals surface area contributed by atoms with Crippen LogP contribution in [0, 0.1) is 0 Å². The van der Waals surface area contributed by atoms with Gasteiger partial charge in [0.1, 0.15) is 11.5 Å². The van der Waals surface area contributed by atoms with Gasteiger partial charge in [0.05, 0.1) is 29.6 Å². The van der Waals surface area contributed by atoms with Crippen LogP contribution in [0.2, 0.25) is 0 Å². The van der Waals surface area contributed by atoms with E-state index in [1.807, 2.05) is 37.3 Å². The van der Waals surface area contributed by atoms with Gasteiger partial charge in [-0.1, -0.05) is 18.2 Å². The van der Waals surface area contributed by atoms with E-state index in [0.29, 0.717) is 17.9 Å². The number of nitrogens with zero attached hydrogens (tertiary/aromatic N) is 2. The molecule has 1 aromatic heterocycles.